The van der Waals surface area contributed by atoms with Crippen molar-refractivity contribution in [3.63, 3.8) is 0 Å². The maximum absolute atomic E-state index is 12.2. The van der Waals surface area contributed by atoms with Crippen molar-refractivity contribution in [1.29, 1.82) is 0 Å². The molecule has 0 atom stereocenters. The molecule has 2 rings (SSSR count). The Morgan fingerprint density at radius 2 is 2.05 bits per heavy atom. The summed E-state index contributed by atoms with van der Waals surface area (Å²) in [4.78, 5) is 16.2. The Bertz CT molecular complexity index is 613. The summed E-state index contributed by atoms with van der Waals surface area (Å²) in [6, 6.07) is 9.09. The van der Waals surface area contributed by atoms with E-state index in [0.717, 1.165) is 11.3 Å². The van der Waals surface area contributed by atoms with Gasteiger partial charge in [-0.25, -0.2) is 4.98 Å². The number of benzene rings is 1. The van der Waals surface area contributed by atoms with Crippen molar-refractivity contribution in [1.82, 2.24) is 4.98 Å². The number of carbonyl (C=O) groups is 1. The van der Waals surface area contributed by atoms with Crippen LogP contribution in [0.15, 0.2) is 36.5 Å². The molecule has 0 saturated carbocycles. The number of pyridine rings is 1. The second-order valence-corrected chi connectivity index (χ2v) is 4.44. The Labute approximate surface area is 116 Å². The molecule has 2 aromatic rings. The summed E-state index contributed by atoms with van der Waals surface area (Å²) < 4.78 is 0. The van der Waals surface area contributed by atoms with Crippen LogP contribution in [-0.2, 0) is 0 Å². The van der Waals surface area contributed by atoms with Gasteiger partial charge in [0.05, 0.1) is 17.4 Å². The minimum Gasteiger partial charge on any atom is -0.387 e. The lowest BCUT2D eigenvalue weighted by Crippen LogP contribution is -2.14. The van der Waals surface area contributed by atoms with Crippen LogP contribution in [-0.4, -0.2) is 17.9 Å². The third-order valence-corrected chi connectivity index (χ3v) is 3.11. The number of halogens is 1. The van der Waals surface area contributed by atoms with Crippen LogP contribution >= 0.6 is 11.6 Å². The number of carbonyl (C=O) groups excluding carboxylic acids is 1. The predicted octanol–water partition coefficient (Wildman–Crippen LogP) is 3.34. The molecule has 5 heteroatoms. The Morgan fingerprint density at radius 1 is 1.32 bits per heavy atom. The molecule has 0 aliphatic carbocycles. The van der Waals surface area contributed by atoms with Gasteiger partial charge in [0, 0.05) is 12.7 Å². The molecule has 1 heterocycles. The molecule has 0 bridgehead atoms. The second kappa shape index (κ2) is 5.71. The zero-order chi connectivity index (χ0) is 13.8. The number of hydrogen-bond acceptors (Lipinski definition) is 3. The SMILES string of the molecule is CNc1ccccc1C(=O)Nc1cnc(Cl)c(C)c1. The van der Waals surface area contributed by atoms with Gasteiger partial charge in [0.15, 0.2) is 0 Å². The maximum atomic E-state index is 12.2. The highest BCUT2D eigenvalue weighted by atomic mass is 35.5. The molecule has 98 valence electrons. The monoisotopic (exact) mass is 275 g/mol. The number of hydrogen-bond donors (Lipinski definition) is 2. The summed E-state index contributed by atoms with van der Waals surface area (Å²) in [6.45, 7) is 1.84. The van der Waals surface area contributed by atoms with Crippen LogP contribution in [0.3, 0.4) is 0 Å². The Kier molecular flexibility index (Phi) is 4.02. The van der Waals surface area contributed by atoms with Crippen molar-refractivity contribution in [3.8, 4) is 0 Å². The van der Waals surface area contributed by atoms with Gasteiger partial charge in [-0.2, -0.15) is 0 Å². The molecule has 0 fully saturated rings. The van der Waals surface area contributed by atoms with Gasteiger partial charge in [0.1, 0.15) is 5.15 Å². The van der Waals surface area contributed by atoms with Crippen LogP contribution in [0.25, 0.3) is 0 Å². The van der Waals surface area contributed by atoms with Crippen LogP contribution in [0.4, 0.5) is 11.4 Å². The number of rotatable bonds is 3. The quantitative estimate of drug-likeness (QED) is 0.845. The van der Waals surface area contributed by atoms with Gasteiger partial charge in [0.25, 0.3) is 5.91 Å². The fourth-order valence-corrected chi connectivity index (χ4v) is 1.83. The zero-order valence-electron chi connectivity index (χ0n) is 10.7. The van der Waals surface area contributed by atoms with Crippen LogP contribution in [0, 0.1) is 6.92 Å². The molecule has 4 nitrogen and oxygen atoms in total. The molecule has 2 N–H and O–H groups in total. The Balaban J connectivity index is 2.23. The first-order valence-electron chi connectivity index (χ1n) is 5.82. The third-order valence-electron chi connectivity index (χ3n) is 2.71. The number of anilines is 2. The normalized spacial score (nSPS) is 10.1. The van der Waals surface area contributed by atoms with Gasteiger partial charge in [-0.05, 0) is 30.7 Å². The molecule has 19 heavy (non-hydrogen) atoms. The van der Waals surface area contributed by atoms with E-state index in [2.05, 4.69) is 15.6 Å². The average molecular weight is 276 g/mol. The van der Waals surface area contributed by atoms with Gasteiger partial charge < -0.3 is 10.6 Å². The molecule has 0 radical (unpaired) electrons. The van der Waals surface area contributed by atoms with Crippen LogP contribution in [0.1, 0.15) is 15.9 Å². The van der Waals surface area contributed by atoms with Crippen molar-refractivity contribution >= 4 is 28.9 Å². The van der Waals surface area contributed by atoms with Crippen molar-refractivity contribution in [3.05, 3.63) is 52.8 Å². The minimum atomic E-state index is -0.187. The third kappa shape index (κ3) is 3.03. The second-order valence-electron chi connectivity index (χ2n) is 4.08. The average Bonchev–Trinajstić information content (AvgIpc) is 2.43. The van der Waals surface area contributed by atoms with Crippen LogP contribution in [0.5, 0.6) is 0 Å². The predicted molar refractivity (Wildman–Crippen MR) is 77.9 cm³/mol. The van der Waals surface area contributed by atoms with E-state index < -0.39 is 0 Å². The van der Waals surface area contributed by atoms with Crippen molar-refractivity contribution in [2.75, 3.05) is 17.7 Å². The van der Waals surface area contributed by atoms with Crippen molar-refractivity contribution in [2.24, 2.45) is 0 Å². The fraction of sp³-hybridized carbons (Fsp3) is 0.143. The first-order chi connectivity index (χ1) is 9.11. The largest absolute Gasteiger partial charge is 0.387 e. The fourth-order valence-electron chi connectivity index (χ4n) is 1.72. The van der Waals surface area contributed by atoms with Crippen LogP contribution < -0.4 is 10.6 Å². The number of nitrogens with one attached hydrogen (secondary N) is 2. The lowest BCUT2D eigenvalue weighted by molar-refractivity contribution is 0.102. The number of amides is 1. The van der Waals surface area contributed by atoms with E-state index in [-0.39, 0.29) is 5.91 Å². The molecule has 1 amide bonds. The molecule has 0 aliphatic heterocycles. The topological polar surface area (TPSA) is 54.0 Å². The minimum absolute atomic E-state index is 0.187. The lowest BCUT2D eigenvalue weighted by Gasteiger charge is -2.10. The van der Waals surface area contributed by atoms with E-state index >= 15 is 0 Å². The first-order valence-corrected chi connectivity index (χ1v) is 6.20. The molecule has 0 spiro atoms. The molecule has 0 aliphatic rings. The summed E-state index contributed by atoms with van der Waals surface area (Å²) in [5.74, 6) is -0.187. The number of nitrogens with zero attached hydrogens (tertiary/aromatic N) is 1. The molecule has 0 saturated heterocycles. The van der Waals surface area contributed by atoms with E-state index in [1.165, 1.54) is 6.20 Å². The van der Waals surface area contributed by atoms with E-state index in [9.17, 15) is 4.79 Å². The number of aromatic nitrogens is 1. The van der Waals surface area contributed by atoms with Gasteiger partial charge in [-0.15, -0.1) is 0 Å². The summed E-state index contributed by atoms with van der Waals surface area (Å²) in [5.41, 5.74) is 2.80. The van der Waals surface area contributed by atoms with E-state index in [0.29, 0.717) is 16.4 Å². The summed E-state index contributed by atoms with van der Waals surface area (Å²) >= 11 is 5.85. The highest BCUT2D eigenvalue weighted by molar-refractivity contribution is 6.30. The smallest absolute Gasteiger partial charge is 0.257 e. The highest BCUT2D eigenvalue weighted by Crippen LogP contribution is 2.19. The van der Waals surface area contributed by atoms with Crippen molar-refractivity contribution < 1.29 is 4.79 Å². The van der Waals surface area contributed by atoms with Gasteiger partial charge >= 0.3 is 0 Å². The van der Waals surface area contributed by atoms with Gasteiger partial charge in [-0.3, -0.25) is 4.79 Å². The molecular weight excluding hydrogens is 262 g/mol. The maximum Gasteiger partial charge on any atom is 0.257 e. The molecule has 0 unspecified atom stereocenters. The standard InChI is InChI=1S/C14H14ClN3O/c1-9-7-10(8-17-13(9)15)18-14(19)11-5-3-4-6-12(11)16-2/h3-8,16H,1-2H3,(H,18,19). The van der Waals surface area contributed by atoms with Crippen LogP contribution in [0.2, 0.25) is 5.15 Å². The van der Waals surface area contributed by atoms with E-state index in [1.807, 2.05) is 25.1 Å². The first kappa shape index (κ1) is 13.4. The van der Waals surface area contributed by atoms with Crippen molar-refractivity contribution in [2.45, 2.75) is 6.92 Å². The highest BCUT2D eigenvalue weighted by Gasteiger charge is 2.10. The van der Waals surface area contributed by atoms with Gasteiger partial charge in [0.2, 0.25) is 0 Å². The zero-order valence-corrected chi connectivity index (χ0v) is 11.5. The Hall–Kier alpha value is -2.07. The lowest BCUT2D eigenvalue weighted by atomic mass is 10.1. The molecule has 1 aromatic heterocycles. The number of aryl methyl sites for hydroxylation is 1. The van der Waals surface area contributed by atoms with Gasteiger partial charge in [-0.1, -0.05) is 23.7 Å². The summed E-state index contributed by atoms with van der Waals surface area (Å²) in [7, 11) is 1.78. The number of para-hydroxylation sites is 1. The summed E-state index contributed by atoms with van der Waals surface area (Å²) in [6.07, 6.45) is 1.54. The summed E-state index contributed by atoms with van der Waals surface area (Å²) in [5, 5.41) is 6.22. The van der Waals surface area contributed by atoms with E-state index in [1.54, 1.807) is 19.2 Å². The molecule has 1 aromatic carbocycles. The van der Waals surface area contributed by atoms with E-state index in [4.69, 9.17) is 11.6 Å². The molecular formula is C14H14ClN3O. The Morgan fingerprint density at radius 3 is 2.74 bits per heavy atom.